The number of nitrogens with one attached hydrogen (secondary N) is 1. The van der Waals surface area contributed by atoms with Crippen LogP contribution in [-0.4, -0.2) is 33.4 Å². The van der Waals surface area contributed by atoms with Crippen molar-refractivity contribution in [2.75, 3.05) is 6.54 Å². The predicted octanol–water partition coefficient (Wildman–Crippen LogP) is -0.0792. The second-order valence-corrected chi connectivity index (χ2v) is 3.99. The number of aliphatic hydroxyl groups is 1. The molecular weight excluding hydrogens is 194 g/mol. The van der Waals surface area contributed by atoms with E-state index in [2.05, 4.69) is 10.4 Å². The Balaban J connectivity index is 1.81. The van der Waals surface area contributed by atoms with Crippen LogP contribution in [0.3, 0.4) is 0 Å². The van der Waals surface area contributed by atoms with Gasteiger partial charge in [0.15, 0.2) is 0 Å². The number of amides is 1. The first-order valence-electron chi connectivity index (χ1n) is 5.12. The summed E-state index contributed by atoms with van der Waals surface area (Å²) in [6.45, 7) is 0.320. The molecule has 0 aliphatic heterocycles. The SMILES string of the molecule is Cn1ccc(C(=O)NCC(O)C2CC2)n1. The van der Waals surface area contributed by atoms with E-state index in [9.17, 15) is 9.90 Å². The Hall–Kier alpha value is -1.36. The minimum absolute atomic E-state index is 0.227. The van der Waals surface area contributed by atoms with Gasteiger partial charge in [-0.1, -0.05) is 0 Å². The summed E-state index contributed by atoms with van der Waals surface area (Å²) in [5, 5.41) is 16.2. The van der Waals surface area contributed by atoms with Crippen LogP contribution >= 0.6 is 0 Å². The maximum atomic E-state index is 11.5. The molecule has 5 heteroatoms. The van der Waals surface area contributed by atoms with Gasteiger partial charge in [0.05, 0.1) is 6.10 Å². The van der Waals surface area contributed by atoms with Crippen molar-refractivity contribution in [2.45, 2.75) is 18.9 Å². The van der Waals surface area contributed by atoms with Crippen LogP contribution in [0.15, 0.2) is 12.3 Å². The minimum atomic E-state index is -0.405. The molecule has 2 rings (SSSR count). The number of rotatable bonds is 4. The Morgan fingerprint density at radius 1 is 1.80 bits per heavy atom. The third-order valence-corrected chi connectivity index (χ3v) is 2.58. The van der Waals surface area contributed by atoms with Crippen LogP contribution in [0, 0.1) is 5.92 Å². The molecule has 1 aromatic rings. The van der Waals surface area contributed by atoms with Crippen LogP contribution in [0.2, 0.25) is 0 Å². The highest BCUT2D eigenvalue weighted by Crippen LogP contribution is 2.32. The van der Waals surface area contributed by atoms with E-state index in [0.29, 0.717) is 18.2 Å². The summed E-state index contributed by atoms with van der Waals surface area (Å²) in [6.07, 6.45) is 3.45. The second-order valence-electron chi connectivity index (χ2n) is 3.99. The molecule has 0 bridgehead atoms. The van der Waals surface area contributed by atoms with Crippen molar-refractivity contribution < 1.29 is 9.90 Å². The van der Waals surface area contributed by atoms with E-state index in [-0.39, 0.29) is 5.91 Å². The minimum Gasteiger partial charge on any atom is -0.391 e. The van der Waals surface area contributed by atoms with Gasteiger partial charge >= 0.3 is 0 Å². The van der Waals surface area contributed by atoms with Crippen molar-refractivity contribution in [3.8, 4) is 0 Å². The van der Waals surface area contributed by atoms with Crippen LogP contribution in [-0.2, 0) is 7.05 Å². The van der Waals surface area contributed by atoms with Crippen LogP contribution in [0.25, 0.3) is 0 Å². The van der Waals surface area contributed by atoms with Crippen molar-refractivity contribution in [1.29, 1.82) is 0 Å². The first-order valence-corrected chi connectivity index (χ1v) is 5.12. The van der Waals surface area contributed by atoms with Gasteiger partial charge in [0, 0.05) is 19.8 Å². The van der Waals surface area contributed by atoms with Crippen molar-refractivity contribution in [2.24, 2.45) is 13.0 Å². The number of hydrogen-bond acceptors (Lipinski definition) is 3. The number of carbonyl (C=O) groups is 1. The average molecular weight is 209 g/mol. The van der Waals surface area contributed by atoms with Crippen LogP contribution in [0.4, 0.5) is 0 Å². The Morgan fingerprint density at radius 2 is 2.53 bits per heavy atom. The predicted molar refractivity (Wildman–Crippen MR) is 54.3 cm³/mol. The molecule has 5 nitrogen and oxygen atoms in total. The summed E-state index contributed by atoms with van der Waals surface area (Å²) in [6, 6.07) is 1.65. The topological polar surface area (TPSA) is 67.2 Å². The van der Waals surface area contributed by atoms with Crippen molar-refractivity contribution in [3.63, 3.8) is 0 Å². The maximum Gasteiger partial charge on any atom is 0.271 e. The maximum absolute atomic E-state index is 11.5. The molecule has 0 spiro atoms. The molecule has 2 N–H and O–H groups in total. The molecule has 1 fully saturated rings. The molecule has 1 atom stereocenters. The lowest BCUT2D eigenvalue weighted by Crippen LogP contribution is -2.33. The van der Waals surface area contributed by atoms with Crippen LogP contribution in [0.1, 0.15) is 23.3 Å². The van der Waals surface area contributed by atoms with Crippen molar-refractivity contribution >= 4 is 5.91 Å². The average Bonchev–Trinajstić information content (AvgIpc) is 2.97. The number of aliphatic hydroxyl groups excluding tert-OH is 1. The van der Waals surface area contributed by atoms with E-state index in [1.807, 2.05) is 0 Å². The standard InChI is InChI=1S/C10H15N3O2/c1-13-5-4-8(12-13)10(15)11-6-9(14)7-2-3-7/h4-5,7,9,14H,2-3,6H2,1H3,(H,11,15). The smallest absolute Gasteiger partial charge is 0.271 e. The number of carbonyl (C=O) groups excluding carboxylic acids is 1. The van der Waals surface area contributed by atoms with Crippen molar-refractivity contribution in [3.05, 3.63) is 18.0 Å². The van der Waals surface area contributed by atoms with E-state index in [1.54, 1.807) is 24.0 Å². The van der Waals surface area contributed by atoms with Crippen molar-refractivity contribution in [1.82, 2.24) is 15.1 Å². The van der Waals surface area contributed by atoms with Gasteiger partial charge in [-0.15, -0.1) is 0 Å². The lowest BCUT2D eigenvalue weighted by atomic mass is 10.2. The fourth-order valence-electron chi connectivity index (χ4n) is 1.47. The molecule has 0 saturated heterocycles. The zero-order chi connectivity index (χ0) is 10.8. The van der Waals surface area contributed by atoms with E-state index in [0.717, 1.165) is 12.8 Å². The molecule has 1 aliphatic carbocycles. The highest BCUT2D eigenvalue weighted by molar-refractivity contribution is 5.92. The van der Waals surface area contributed by atoms with Gasteiger partial charge in [0.1, 0.15) is 5.69 Å². The summed E-state index contributed by atoms with van der Waals surface area (Å²) < 4.78 is 1.58. The molecule has 1 aromatic heterocycles. The Morgan fingerprint density at radius 3 is 3.07 bits per heavy atom. The normalized spacial score (nSPS) is 17.5. The number of aromatic nitrogens is 2. The first kappa shape index (κ1) is 10.2. The van der Waals surface area contributed by atoms with E-state index >= 15 is 0 Å². The first-order chi connectivity index (χ1) is 7.16. The molecule has 15 heavy (non-hydrogen) atoms. The highest BCUT2D eigenvalue weighted by atomic mass is 16.3. The Labute approximate surface area is 88.1 Å². The van der Waals surface area contributed by atoms with E-state index < -0.39 is 6.10 Å². The molecule has 1 heterocycles. The van der Waals surface area contributed by atoms with Crippen LogP contribution < -0.4 is 5.32 Å². The van der Waals surface area contributed by atoms with Gasteiger partial charge in [-0.25, -0.2) is 0 Å². The number of hydrogen-bond donors (Lipinski definition) is 2. The quantitative estimate of drug-likeness (QED) is 0.729. The summed E-state index contributed by atoms with van der Waals surface area (Å²) in [5.41, 5.74) is 0.389. The van der Waals surface area contributed by atoms with Gasteiger partial charge in [0.2, 0.25) is 0 Å². The zero-order valence-corrected chi connectivity index (χ0v) is 8.68. The van der Waals surface area contributed by atoms with Gasteiger partial charge in [-0.05, 0) is 24.8 Å². The summed E-state index contributed by atoms with van der Waals surface area (Å²) >= 11 is 0. The van der Waals surface area contributed by atoms with E-state index in [4.69, 9.17) is 0 Å². The van der Waals surface area contributed by atoms with Gasteiger partial charge < -0.3 is 10.4 Å². The number of nitrogens with zero attached hydrogens (tertiary/aromatic N) is 2. The van der Waals surface area contributed by atoms with Gasteiger partial charge in [-0.3, -0.25) is 9.48 Å². The lowest BCUT2D eigenvalue weighted by molar-refractivity contribution is 0.0895. The summed E-state index contributed by atoms with van der Waals surface area (Å²) in [5.74, 6) is 0.157. The summed E-state index contributed by atoms with van der Waals surface area (Å²) in [7, 11) is 1.76. The molecule has 1 unspecified atom stereocenters. The fraction of sp³-hybridized carbons (Fsp3) is 0.600. The third kappa shape index (κ3) is 2.56. The molecule has 1 saturated carbocycles. The second kappa shape index (κ2) is 4.02. The largest absolute Gasteiger partial charge is 0.391 e. The molecule has 0 aromatic carbocycles. The fourth-order valence-corrected chi connectivity index (χ4v) is 1.47. The zero-order valence-electron chi connectivity index (χ0n) is 8.68. The third-order valence-electron chi connectivity index (χ3n) is 2.58. The molecule has 82 valence electrons. The molecule has 1 amide bonds. The van der Waals surface area contributed by atoms with Gasteiger partial charge in [0.25, 0.3) is 5.91 Å². The van der Waals surface area contributed by atoms with Crippen LogP contribution in [0.5, 0.6) is 0 Å². The summed E-state index contributed by atoms with van der Waals surface area (Å²) in [4.78, 5) is 11.5. The van der Waals surface area contributed by atoms with E-state index in [1.165, 1.54) is 0 Å². The Bertz CT molecular complexity index is 357. The molecular formula is C10H15N3O2. The molecule has 1 aliphatic rings. The lowest BCUT2D eigenvalue weighted by Gasteiger charge is -2.09. The number of aryl methyl sites for hydroxylation is 1. The Kier molecular flexibility index (Phi) is 2.73. The monoisotopic (exact) mass is 209 g/mol. The van der Waals surface area contributed by atoms with Gasteiger partial charge in [-0.2, -0.15) is 5.10 Å². The molecule has 0 radical (unpaired) electrons. The highest BCUT2D eigenvalue weighted by Gasteiger charge is 2.29.